The van der Waals surface area contributed by atoms with Crippen LogP contribution in [0.1, 0.15) is 74.2 Å². The lowest BCUT2D eigenvalue weighted by atomic mass is 10.0. The fourth-order valence-electron chi connectivity index (χ4n) is 2.45. The van der Waals surface area contributed by atoms with Crippen LogP contribution < -0.4 is 0 Å². The van der Waals surface area contributed by atoms with E-state index in [0.29, 0.717) is 0 Å². The third-order valence-corrected chi connectivity index (χ3v) is 3.70. The molecule has 0 saturated heterocycles. The highest BCUT2D eigenvalue weighted by Crippen LogP contribution is 2.31. The minimum atomic E-state index is -1.22. The predicted molar refractivity (Wildman–Crippen MR) is 83.0 cm³/mol. The number of hydrogen-bond donors (Lipinski definition) is 3. The summed E-state index contributed by atoms with van der Waals surface area (Å²) in [5.74, 6) is -2.13. The lowest BCUT2D eigenvalue weighted by molar-refractivity contribution is 0.0693. The molecule has 4 nitrogen and oxygen atoms in total. The van der Waals surface area contributed by atoms with E-state index in [1.165, 1.54) is 50.7 Å². The van der Waals surface area contributed by atoms with Crippen molar-refractivity contribution in [3.8, 4) is 11.5 Å². The summed E-state index contributed by atoms with van der Waals surface area (Å²) in [4.78, 5) is 11.0. The number of carboxylic acids is 1. The van der Waals surface area contributed by atoms with Gasteiger partial charge in [0.2, 0.25) is 0 Å². The minimum absolute atomic E-state index is 0.232. The van der Waals surface area contributed by atoms with Crippen LogP contribution in [0.25, 0.3) is 0 Å². The van der Waals surface area contributed by atoms with Gasteiger partial charge in [-0.2, -0.15) is 0 Å². The lowest BCUT2D eigenvalue weighted by Gasteiger charge is -2.07. The van der Waals surface area contributed by atoms with E-state index < -0.39 is 11.7 Å². The lowest BCUT2D eigenvalue weighted by Crippen LogP contribution is -1.99. The van der Waals surface area contributed by atoms with Crippen LogP contribution in [0.5, 0.6) is 11.5 Å². The van der Waals surface area contributed by atoms with Gasteiger partial charge in [-0.15, -0.1) is 0 Å². The molecule has 3 N–H and O–H groups in total. The quantitative estimate of drug-likeness (QED) is 0.439. The Labute approximate surface area is 126 Å². The SMILES string of the molecule is CCCCCCCCCCc1cc(O)c(O)c(C(=O)O)c1. The second kappa shape index (κ2) is 9.27. The van der Waals surface area contributed by atoms with Crippen molar-refractivity contribution >= 4 is 5.97 Å². The van der Waals surface area contributed by atoms with E-state index in [0.717, 1.165) is 24.8 Å². The average molecular weight is 294 g/mol. The Kier molecular flexibility index (Phi) is 7.65. The van der Waals surface area contributed by atoms with Gasteiger partial charge in [0.25, 0.3) is 0 Å². The molecule has 0 radical (unpaired) electrons. The molecule has 0 saturated carbocycles. The summed E-state index contributed by atoms with van der Waals surface area (Å²) in [5, 5.41) is 28.0. The summed E-state index contributed by atoms with van der Waals surface area (Å²) >= 11 is 0. The van der Waals surface area contributed by atoms with Crippen LogP contribution >= 0.6 is 0 Å². The standard InChI is InChI=1S/C17H26O4/c1-2-3-4-5-6-7-8-9-10-13-11-14(17(20)21)16(19)15(18)12-13/h11-12,18-19H,2-10H2,1H3,(H,20,21). The Hall–Kier alpha value is -1.71. The average Bonchev–Trinajstić information content (AvgIpc) is 2.45. The van der Waals surface area contributed by atoms with Gasteiger partial charge in [0, 0.05) is 0 Å². The fraction of sp³-hybridized carbons (Fsp3) is 0.588. The molecule has 0 aliphatic carbocycles. The van der Waals surface area contributed by atoms with Crippen LogP contribution in [0, 0.1) is 0 Å². The third kappa shape index (κ3) is 6.06. The van der Waals surface area contributed by atoms with Gasteiger partial charge in [-0.3, -0.25) is 0 Å². The Morgan fingerprint density at radius 1 is 0.952 bits per heavy atom. The Balaban J connectivity index is 2.34. The summed E-state index contributed by atoms with van der Waals surface area (Å²) in [6.07, 6.45) is 10.4. The van der Waals surface area contributed by atoms with E-state index in [1.807, 2.05) is 0 Å². The molecule has 0 aromatic heterocycles. The van der Waals surface area contributed by atoms with E-state index in [2.05, 4.69) is 6.92 Å². The van der Waals surface area contributed by atoms with Crippen molar-refractivity contribution in [3.63, 3.8) is 0 Å². The number of rotatable bonds is 10. The first-order chi connectivity index (χ1) is 10.1. The van der Waals surface area contributed by atoms with Crippen LogP contribution in [0.15, 0.2) is 12.1 Å². The summed E-state index contributed by atoms with van der Waals surface area (Å²) in [5.41, 5.74) is 0.526. The number of aromatic hydroxyl groups is 2. The van der Waals surface area contributed by atoms with Crippen molar-refractivity contribution in [1.82, 2.24) is 0 Å². The van der Waals surface area contributed by atoms with Gasteiger partial charge in [-0.05, 0) is 30.5 Å². The van der Waals surface area contributed by atoms with Crippen molar-refractivity contribution < 1.29 is 20.1 Å². The number of phenols is 2. The maximum Gasteiger partial charge on any atom is 0.339 e. The van der Waals surface area contributed by atoms with E-state index in [4.69, 9.17) is 5.11 Å². The van der Waals surface area contributed by atoms with Crippen molar-refractivity contribution in [3.05, 3.63) is 23.3 Å². The monoisotopic (exact) mass is 294 g/mol. The number of unbranched alkanes of at least 4 members (excludes halogenated alkanes) is 7. The maximum atomic E-state index is 11.0. The number of aryl methyl sites for hydroxylation is 1. The first kappa shape index (κ1) is 17.3. The van der Waals surface area contributed by atoms with Crippen molar-refractivity contribution in [1.29, 1.82) is 0 Å². The summed E-state index contributed by atoms with van der Waals surface area (Å²) in [6.45, 7) is 2.21. The number of carboxylic acid groups (broad SMARTS) is 1. The molecule has 0 spiro atoms. The van der Waals surface area contributed by atoms with E-state index >= 15 is 0 Å². The summed E-state index contributed by atoms with van der Waals surface area (Å²) in [6, 6.07) is 2.89. The first-order valence-corrected chi connectivity index (χ1v) is 7.84. The van der Waals surface area contributed by atoms with E-state index in [9.17, 15) is 15.0 Å². The van der Waals surface area contributed by atoms with E-state index in [1.54, 1.807) is 0 Å². The molecule has 0 fully saturated rings. The molecule has 0 heterocycles. The fourth-order valence-corrected chi connectivity index (χ4v) is 2.45. The second-order valence-electron chi connectivity index (χ2n) is 5.54. The highest BCUT2D eigenvalue weighted by molar-refractivity contribution is 5.92. The minimum Gasteiger partial charge on any atom is -0.504 e. The molecule has 21 heavy (non-hydrogen) atoms. The molecule has 4 heteroatoms. The van der Waals surface area contributed by atoms with Crippen LogP contribution in [-0.4, -0.2) is 21.3 Å². The zero-order chi connectivity index (χ0) is 15.7. The highest BCUT2D eigenvalue weighted by atomic mass is 16.4. The predicted octanol–water partition coefficient (Wildman–Crippen LogP) is 4.48. The van der Waals surface area contributed by atoms with Crippen LogP contribution in [0.3, 0.4) is 0 Å². The molecule has 1 aromatic rings. The Bertz CT molecular complexity index is 454. The molecule has 118 valence electrons. The van der Waals surface area contributed by atoms with Gasteiger partial charge >= 0.3 is 5.97 Å². The van der Waals surface area contributed by atoms with Gasteiger partial charge in [-0.25, -0.2) is 4.79 Å². The van der Waals surface area contributed by atoms with Crippen LogP contribution in [0.4, 0.5) is 0 Å². The van der Waals surface area contributed by atoms with Crippen LogP contribution in [0.2, 0.25) is 0 Å². The number of benzene rings is 1. The second-order valence-corrected chi connectivity index (χ2v) is 5.54. The van der Waals surface area contributed by atoms with Crippen molar-refractivity contribution in [2.24, 2.45) is 0 Å². The van der Waals surface area contributed by atoms with Crippen molar-refractivity contribution in [2.75, 3.05) is 0 Å². The smallest absolute Gasteiger partial charge is 0.339 e. The molecule has 1 aromatic carbocycles. The molecular weight excluding hydrogens is 268 g/mol. The van der Waals surface area contributed by atoms with Gasteiger partial charge in [0.05, 0.1) is 0 Å². The molecule has 0 aliphatic rings. The normalized spacial score (nSPS) is 10.7. The molecule has 0 atom stereocenters. The highest BCUT2D eigenvalue weighted by Gasteiger charge is 2.14. The van der Waals surface area contributed by atoms with Crippen molar-refractivity contribution in [2.45, 2.75) is 64.7 Å². The molecular formula is C17H26O4. The summed E-state index contributed by atoms with van der Waals surface area (Å²) < 4.78 is 0. The van der Waals surface area contributed by atoms with Gasteiger partial charge in [0.15, 0.2) is 11.5 Å². The largest absolute Gasteiger partial charge is 0.504 e. The molecule has 0 bridgehead atoms. The topological polar surface area (TPSA) is 77.8 Å². The first-order valence-electron chi connectivity index (χ1n) is 7.84. The zero-order valence-electron chi connectivity index (χ0n) is 12.8. The third-order valence-electron chi connectivity index (χ3n) is 3.70. The van der Waals surface area contributed by atoms with Gasteiger partial charge in [-0.1, -0.05) is 51.9 Å². The molecule has 0 amide bonds. The maximum absolute atomic E-state index is 11.0. The van der Waals surface area contributed by atoms with E-state index in [-0.39, 0.29) is 11.3 Å². The molecule has 0 unspecified atom stereocenters. The molecule has 1 rings (SSSR count). The van der Waals surface area contributed by atoms with Gasteiger partial charge < -0.3 is 15.3 Å². The summed E-state index contributed by atoms with van der Waals surface area (Å²) in [7, 11) is 0. The zero-order valence-corrected chi connectivity index (χ0v) is 12.8. The van der Waals surface area contributed by atoms with Gasteiger partial charge in [0.1, 0.15) is 5.56 Å². The number of carbonyl (C=O) groups is 1. The number of aromatic carboxylic acids is 1. The van der Waals surface area contributed by atoms with Crippen LogP contribution in [-0.2, 0) is 6.42 Å². The number of hydrogen-bond acceptors (Lipinski definition) is 3. The number of phenolic OH excluding ortho intramolecular Hbond substituents is 1. The Morgan fingerprint density at radius 3 is 2.10 bits per heavy atom. The molecule has 0 aliphatic heterocycles. The Morgan fingerprint density at radius 2 is 1.52 bits per heavy atom.